The number of rotatable bonds is 4. The van der Waals surface area contributed by atoms with Gasteiger partial charge in [0.15, 0.2) is 17.3 Å². The Balaban J connectivity index is 2.22. The molecule has 144 valence electrons. The Morgan fingerprint density at radius 3 is 2.57 bits per heavy atom. The van der Waals surface area contributed by atoms with Gasteiger partial charge in [-0.2, -0.15) is 0 Å². The van der Waals surface area contributed by atoms with Gasteiger partial charge in [-0.1, -0.05) is 29.3 Å². The molecule has 0 saturated heterocycles. The molecule has 0 spiro atoms. The maximum Gasteiger partial charge on any atom is 0.358 e. The van der Waals surface area contributed by atoms with E-state index in [1.165, 1.54) is 19.2 Å². The summed E-state index contributed by atoms with van der Waals surface area (Å²) in [6.45, 7) is 1.88. The van der Waals surface area contributed by atoms with Gasteiger partial charge in [0.05, 0.1) is 12.1 Å². The van der Waals surface area contributed by atoms with Gasteiger partial charge in [0, 0.05) is 18.8 Å². The van der Waals surface area contributed by atoms with E-state index in [1.807, 2.05) is 13.0 Å². The number of carbonyl (C=O) groups excluding carboxylic acids is 1. The Morgan fingerprint density at radius 2 is 1.93 bits per heavy atom. The van der Waals surface area contributed by atoms with Crippen LogP contribution >= 0.6 is 23.2 Å². The Labute approximate surface area is 170 Å². The van der Waals surface area contributed by atoms with E-state index in [0.29, 0.717) is 11.4 Å². The second-order valence-electron chi connectivity index (χ2n) is 5.86. The Hall–Kier alpha value is -2.77. The van der Waals surface area contributed by atoms with Crippen molar-refractivity contribution in [2.45, 2.75) is 6.92 Å². The molecule has 0 fully saturated rings. The molecule has 0 atom stereocenters. The number of halogens is 3. The fourth-order valence-corrected chi connectivity index (χ4v) is 2.99. The normalized spacial score (nSPS) is 10.6. The molecule has 0 radical (unpaired) electrons. The summed E-state index contributed by atoms with van der Waals surface area (Å²) in [7, 11) is 2.92. The molecule has 28 heavy (non-hydrogen) atoms. The molecule has 0 saturated carbocycles. The summed E-state index contributed by atoms with van der Waals surface area (Å²) in [5, 5.41) is -0.0371. The first-order valence-electron chi connectivity index (χ1n) is 8.10. The minimum atomic E-state index is -0.740. The number of esters is 1. The number of methoxy groups -OCH3 is 1. The molecule has 6 nitrogen and oxygen atoms in total. The van der Waals surface area contributed by atoms with E-state index in [4.69, 9.17) is 27.9 Å². The van der Waals surface area contributed by atoms with Crippen LogP contribution < -0.4 is 4.90 Å². The van der Waals surface area contributed by atoms with Crippen LogP contribution in [0.2, 0.25) is 10.0 Å². The van der Waals surface area contributed by atoms with Crippen molar-refractivity contribution < 1.29 is 13.9 Å². The van der Waals surface area contributed by atoms with Gasteiger partial charge in [0.25, 0.3) is 0 Å². The molecule has 3 rings (SSSR count). The monoisotopic (exact) mass is 420 g/mol. The molecule has 0 aliphatic rings. The topological polar surface area (TPSA) is 68.2 Å². The SMILES string of the molecule is COC(=O)c1nc(-c2ccc(Cl)c(F)c2)nc(N(C)c2ncccc2C)c1Cl. The van der Waals surface area contributed by atoms with Crippen molar-refractivity contribution in [2.24, 2.45) is 0 Å². The number of hydrogen-bond donors (Lipinski definition) is 0. The van der Waals surface area contributed by atoms with Gasteiger partial charge < -0.3 is 9.64 Å². The van der Waals surface area contributed by atoms with E-state index in [0.717, 1.165) is 5.56 Å². The molecule has 0 aliphatic carbocycles. The number of aromatic nitrogens is 3. The first-order valence-corrected chi connectivity index (χ1v) is 8.85. The molecule has 2 heterocycles. The smallest absolute Gasteiger partial charge is 0.358 e. The zero-order valence-electron chi connectivity index (χ0n) is 15.2. The molecular weight excluding hydrogens is 406 g/mol. The lowest BCUT2D eigenvalue weighted by molar-refractivity contribution is 0.0594. The molecule has 1 aromatic carbocycles. The minimum Gasteiger partial charge on any atom is -0.464 e. The van der Waals surface area contributed by atoms with Gasteiger partial charge >= 0.3 is 5.97 Å². The molecular formula is C19H15Cl2FN4O2. The average molecular weight is 421 g/mol. The van der Waals surface area contributed by atoms with Crippen LogP contribution in [0, 0.1) is 12.7 Å². The number of anilines is 2. The van der Waals surface area contributed by atoms with Crippen molar-refractivity contribution in [2.75, 3.05) is 19.1 Å². The van der Waals surface area contributed by atoms with Gasteiger partial charge in [-0.05, 0) is 36.8 Å². The van der Waals surface area contributed by atoms with Crippen molar-refractivity contribution in [3.8, 4) is 11.4 Å². The third-order valence-corrected chi connectivity index (χ3v) is 4.66. The van der Waals surface area contributed by atoms with Crippen molar-refractivity contribution in [3.63, 3.8) is 0 Å². The van der Waals surface area contributed by atoms with Gasteiger partial charge in [-0.15, -0.1) is 0 Å². The third kappa shape index (κ3) is 3.76. The van der Waals surface area contributed by atoms with Crippen molar-refractivity contribution >= 4 is 40.8 Å². The lowest BCUT2D eigenvalue weighted by atomic mass is 10.2. The minimum absolute atomic E-state index is 0.00223. The molecule has 3 aromatic rings. The lowest BCUT2D eigenvalue weighted by Crippen LogP contribution is -2.18. The van der Waals surface area contributed by atoms with Crippen LogP contribution in [0.4, 0.5) is 16.0 Å². The Morgan fingerprint density at radius 1 is 1.18 bits per heavy atom. The molecule has 0 bridgehead atoms. The van der Waals surface area contributed by atoms with Crippen LogP contribution in [-0.4, -0.2) is 35.1 Å². The summed E-state index contributed by atoms with van der Waals surface area (Å²) in [5.41, 5.74) is 1.06. The molecule has 0 amide bonds. The van der Waals surface area contributed by atoms with Gasteiger partial charge in [-0.25, -0.2) is 24.1 Å². The first-order chi connectivity index (χ1) is 13.3. The molecule has 0 unspecified atom stereocenters. The van der Waals surface area contributed by atoms with Crippen molar-refractivity contribution in [1.29, 1.82) is 0 Å². The average Bonchev–Trinajstić information content (AvgIpc) is 2.69. The fourth-order valence-electron chi connectivity index (χ4n) is 2.58. The summed E-state index contributed by atoms with van der Waals surface area (Å²) >= 11 is 12.2. The van der Waals surface area contributed by atoms with E-state index in [2.05, 4.69) is 15.0 Å². The second kappa shape index (κ2) is 8.08. The van der Waals surface area contributed by atoms with Crippen LogP contribution in [0.3, 0.4) is 0 Å². The van der Waals surface area contributed by atoms with E-state index < -0.39 is 11.8 Å². The number of carbonyl (C=O) groups is 1. The number of ether oxygens (including phenoxy) is 1. The third-order valence-electron chi connectivity index (χ3n) is 4.01. The maximum atomic E-state index is 13.9. The highest BCUT2D eigenvalue weighted by Crippen LogP contribution is 2.34. The first kappa shape index (κ1) is 20.0. The number of benzene rings is 1. The van der Waals surface area contributed by atoms with Crippen LogP contribution in [0.5, 0.6) is 0 Å². The maximum absolute atomic E-state index is 13.9. The van der Waals surface area contributed by atoms with Crippen molar-refractivity contribution in [3.05, 3.63) is 63.6 Å². The number of pyridine rings is 1. The predicted molar refractivity (Wildman–Crippen MR) is 106 cm³/mol. The Kier molecular flexibility index (Phi) is 5.76. The highest BCUT2D eigenvalue weighted by molar-refractivity contribution is 6.35. The highest BCUT2D eigenvalue weighted by atomic mass is 35.5. The largest absolute Gasteiger partial charge is 0.464 e. The van der Waals surface area contributed by atoms with Gasteiger partial charge in [0.1, 0.15) is 16.7 Å². The molecule has 9 heteroatoms. The number of nitrogens with zero attached hydrogens (tertiary/aromatic N) is 4. The van der Waals surface area contributed by atoms with Gasteiger partial charge in [0.2, 0.25) is 0 Å². The number of aryl methyl sites for hydroxylation is 1. The van der Waals surface area contributed by atoms with Crippen molar-refractivity contribution in [1.82, 2.24) is 15.0 Å². The highest BCUT2D eigenvalue weighted by Gasteiger charge is 2.24. The summed E-state index contributed by atoms with van der Waals surface area (Å²) in [5.74, 6) is -0.463. The second-order valence-corrected chi connectivity index (χ2v) is 6.64. The molecule has 0 aliphatic heterocycles. The van der Waals surface area contributed by atoms with E-state index in [1.54, 1.807) is 30.3 Å². The fraction of sp³-hybridized carbons (Fsp3) is 0.158. The summed E-state index contributed by atoms with van der Waals surface area (Å²) in [6, 6.07) is 7.79. The quantitative estimate of drug-likeness (QED) is 0.562. The van der Waals surface area contributed by atoms with E-state index in [-0.39, 0.29) is 27.4 Å². The lowest BCUT2D eigenvalue weighted by Gasteiger charge is -2.21. The summed E-state index contributed by atoms with van der Waals surface area (Å²) in [4.78, 5) is 26.8. The predicted octanol–water partition coefficient (Wildman–Crippen LogP) is 4.85. The molecule has 2 aromatic heterocycles. The zero-order valence-corrected chi connectivity index (χ0v) is 16.7. The summed E-state index contributed by atoms with van der Waals surface area (Å²) < 4.78 is 18.7. The van der Waals surface area contributed by atoms with Gasteiger partial charge in [-0.3, -0.25) is 0 Å². The number of hydrogen-bond acceptors (Lipinski definition) is 6. The Bertz CT molecular complexity index is 1060. The standard InChI is InChI=1S/C19H15Cl2FN4O2/c1-10-5-4-8-23-17(10)26(2)18-14(21)15(19(27)28-3)24-16(25-18)11-6-7-12(20)13(22)9-11/h4-9H,1-3H3. The van der Waals surface area contributed by atoms with E-state index >= 15 is 0 Å². The van der Waals surface area contributed by atoms with Crippen LogP contribution in [-0.2, 0) is 4.74 Å². The summed E-state index contributed by atoms with van der Waals surface area (Å²) in [6.07, 6.45) is 1.63. The van der Waals surface area contributed by atoms with Crippen LogP contribution in [0.15, 0.2) is 36.5 Å². The van der Waals surface area contributed by atoms with E-state index in [9.17, 15) is 9.18 Å². The molecule has 0 N–H and O–H groups in total. The van der Waals surface area contributed by atoms with Crippen LogP contribution in [0.1, 0.15) is 16.1 Å². The zero-order chi connectivity index (χ0) is 20.4. The van der Waals surface area contributed by atoms with Crippen LogP contribution in [0.25, 0.3) is 11.4 Å².